The van der Waals surface area contributed by atoms with Crippen LogP contribution in [-0.2, 0) is 14.3 Å². The summed E-state index contributed by atoms with van der Waals surface area (Å²) in [4.78, 5) is 10.5. The Bertz CT molecular complexity index is 228. The van der Waals surface area contributed by atoms with E-state index < -0.39 is 0 Å². The van der Waals surface area contributed by atoms with Gasteiger partial charge in [-0.25, -0.2) is 0 Å². The molecule has 3 heteroatoms. The van der Waals surface area contributed by atoms with Gasteiger partial charge < -0.3 is 9.47 Å². The number of hydrogen-bond donors (Lipinski definition) is 0. The van der Waals surface area contributed by atoms with Gasteiger partial charge in [-0.05, 0) is 19.1 Å². The number of esters is 1. The molecular formula is C9H12O3. The van der Waals surface area contributed by atoms with Crippen LogP contribution in [0.5, 0.6) is 0 Å². The lowest BCUT2D eigenvalue weighted by atomic mass is 10.2. The fourth-order valence-electron chi connectivity index (χ4n) is 0.921. The van der Waals surface area contributed by atoms with Gasteiger partial charge in [0.25, 0.3) is 0 Å². The molecule has 0 saturated carbocycles. The summed E-state index contributed by atoms with van der Waals surface area (Å²) in [7, 11) is 0. The van der Waals surface area contributed by atoms with Crippen molar-refractivity contribution in [3.05, 3.63) is 24.0 Å². The Morgan fingerprint density at radius 2 is 2.50 bits per heavy atom. The summed E-state index contributed by atoms with van der Waals surface area (Å²) in [6, 6.07) is 0. The Morgan fingerprint density at radius 3 is 3.08 bits per heavy atom. The topological polar surface area (TPSA) is 35.5 Å². The van der Waals surface area contributed by atoms with E-state index in [4.69, 9.17) is 9.47 Å². The van der Waals surface area contributed by atoms with Crippen molar-refractivity contribution in [3.8, 4) is 0 Å². The largest absolute Gasteiger partial charge is 0.487 e. The van der Waals surface area contributed by atoms with Crippen LogP contribution in [0.4, 0.5) is 0 Å². The number of carbonyl (C=O) groups excluding carboxylic acids is 1. The number of rotatable bonds is 2. The van der Waals surface area contributed by atoms with Crippen molar-refractivity contribution in [1.82, 2.24) is 0 Å². The highest BCUT2D eigenvalue weighted by Crippen LogP contribution is 2.09. The van der Waals surface area contributed by atoms with Gasteiger partial charge >= 0.3 is 5.97 Å². The second-order valence-electron chi connectivity index (χ2n) is 2.62. The predicted octanol–water partition coefficient (Wildman–Crippen LogP) is 1.41. The maximum atomic E-state index is 10.5. The van der Waals surface area contributed by atoms with Gasteiger partial charge in [-0.3, -0.25) is 4.79 Å². The molecule has 1 aliphatic heterocycles. The van der Waals surface area contributed by atoms with Crippen molar-refractivity contribution >= 4 is 5.97 Å². The maximum absolute atomic E-state index is 10.5. The molecule has 0 amide bonds. The van der Waals surface area contributed by atoms with Crippen LogP contribution in [0.15, 0.2) is 24.0 Å². The SMILES string of the molecule is CC(=O)OC[C@@H]1C=CC=C(C)O1. The van der Waals surface area contributed by atoms with Gasteiger partial charge in [0.1, 0.15) is 6.61 Å². The maximum Gasteiger partial charge on any atom is 0.302 e. The van der Waals surface area contributed by atoms with E-state index in [1.54, 1.807) is 0 Å². The zero-order valence-electron chi connectivity index (χ0n) is 7.24. The summed E-state index contributed by atoms with van der Waals surface area (Å²) in [6.07, 6.45) is 5.49. The summed E-state index contributed by atoms with van der Waals surface area (Å²) in [6.45, 7) is 3.54. The lowest BCUT2D eigenvalue weighted by molar-refractivity contribution is -0.143. The Balaban J connectivity index is 2.32. The molecular weight excluding hydrogens is 156 g/mol. The van der Waals surface area contributed by atoms with Gasteiger partial charge in [0.05, 0.1) is 5.76 Å². The molecule has 1 rings (SSSR count). The molecule has 1 atom stereocenters. The third-order valence-corrected chi connectivity index (χ3v) is 1.44. The van der Waals surface area contributed by atoms with E-state index in [-0.39, 0.29) is 18.7 Å². The lowest BCUT2D eigenvalue weighted by Crippen LogP contribution is -2.19. The minimum Gasteiger partial charge on any atom is -0.487 e. The van der Waals surface area contributed by atoms with Crippen LogP contribution in [0.1, 0.15) is 13.8 Å². The quantitative estimate of drug-likeness (QED) is 0.585. The highest BCUT2D eigenvalue weighted by molar-refractivity contribution is 5.65. The molecule has 0 aromatic rings. The number of ether oxygens (including phenoxy) is 2. The fraction of sp³-hybridized carbons (Fsp3) is 0.444. The molecule has 0 radical (unpaired) electrons. The summed E-state index contributed by atoms with van der Waals surface area (Å²) in [5.74, 6) is 0.564. The van der Waals surface area contributed by atoms with Gasteiger partial charge in [0.15, 0.2) is 6.10 Å². The highest BCUT2D eigenvalue weighted by Gasteiger charge is 2.10. The second kappa shape index (κ2) is 3.95. The molecule has 1 heterocycles. The van der Waals surface area contributed by atoms with Crippen molar-refractivity contribution in [3.63, 3.8) is 0 Å². The summed E-state index contributed by atoms with van der Waals surface area (Å²) in [5, 5.41) is 0. The highest BCUT2D eigenvalue weighted by atomic mass is 16.6. The third kappa shape index (κ3) is 2.78. The average molecular weight is 168 g/mol. The van der Waals surface area contributed by atoms with Gasteiger partial charge in [0.2, 0.25) is 0 Å². The average Bonchev–Trinajstić information content (AvgIpc) is 2.01. The smallest absolute Gasteiger partial charge is 0.302 e. The van der Waals surface area contributed by atoms with Crippen molar-refractivity contribution < 1.29 is 14.3 Å². The molecule has 0 unspecified atom stereocenters. The van der Waals surface area contributed by atoms with Crippen molar-refractivity contribution in [2.45, 2.75) is 20.0 Å². The molecule has 0 aromatic heterocycles. The van der Waals surface area contributed by atoms with E-state index in [0.717, 1.165) is 5.76 Å². The number of allylic oxidation sites excluding steroid dienone is 3. The first-order valence-corrected chi connectivity index (χ1v) is 3.83. The molecule has 0 N–H and O–H groups in total. The molecule has 0 aliphatic carbocycles. The zero-order chi connectivity index (χ0) is 8.97. The summed E-state index contributed by atoms with van der Waals surface area (Å²) in [5.41, 5.74) is 0. The van der Waals surface area contributed by atoms with Gasteiger partial charge in [-0.1, -0.05) is 6.08 Å². The lowest BCUT2D eigenvalue weighted by Gasteiger charge is -2.17. The number of hydrogen-bond acceptors (Lipinski definition) is 3. The first-order valence-electron chi connectivity index (χ1n) is 3.83. The molecule has 3 nitrogen and oxygen atoms in total. The van der Waals surface area contributed by atoms with E-state index in [2.05, 4.69) is 0 Å². The molecule has 0 aromatic carbocycles. The van der Waals surface area contributed by atoms with Crippen LogP contribution in [0.25, 0.3) is 0 Å². The summed E-state index contributed by atoms with van der Waals surface area (Å²) >= 11 is 0. The number of carbonyl (C=O) groups is 1. The van der Waals surface area contributed by atoms with E-state index in [1.165, 1.54) is 6.92 Å². The third-order valence-electron chi connectivity index (χ3n) is 1.44. The molecule has 0 bridgehead atoms. The van der Waals surface area contributed by atoms with Crippen molar-refractivity contribution in [1.29, 1.82) is 0 Å². The Hall–Kier alpha value is -1.25. The monoisotopic (exact) mass is 168 g/mol. The van der Waals surface area contributed by atoms with Crippen LogP contribution in [0, 0.1) is 0 Å². The van der Waals surface area contributed by atoms with Crippen LogP contribution < -0.4 is 0 Å². The predicted molar refractivity (Wildman–Crippen MR) is 44.4 cm³/mol. The molecule has 0 fully saturated rings. The Morgan fingerprint density at radius 1 is 1.75 bits per heavy atom. The normalized spacial score (nSPS) is 21.2. The fourth-order valence-corrected chi connectivity index (χ4v) is 0.921. The molecule has 12 heavy (non-hydrogen) atoms. The van der Waals surface area contributed by atoms with Crippen molar-refractivity contribution in [2.75, 3.05) is 6.61 Å². The minimum atomic E-state index is -0.279. The zero-order valence-corrected chi connectivity index (χ0v) is 7.24. The van der Waals surface area contributed by atoms with Crippen LogP contribution in [0.3, 0.4) is 0 Å². The molecule has 0 saturated heterocycles. The van der Waals surface area contributed by atoms with Crippen LogP contribution in [-0.4, -0.2) is 18.7 Å². The standard InChI is InChI=1S/C9H12O3/c1-7-4-3-5-9(12-7)6-11-8(2)10/h3-5,9H,6H2,1-2H3/t9-/m0/s1. The molecule has 0 spiro atoms. The first-order chi connectivity index (χ1) is 5.68. The summed E-state index contributed by atoms with van der Waals surface area (Å²) < 4.78 is 10.1. The molecule has 1 aliphatic rings. The van der Waals surface area contributed by atoms with Gasteiger partial charge in [0, 0.05) is 6.92 Å². The first kappa shape index (κ1) is 8.84. The molecule has 66 valence electrons. The van der Waals surface area contributed by atoms with Gasteiger partial charge in [-0.15, -0.1) is 0 Å². The van der Waals surface area contributed by atoms with Gasteiger partial charge in [-0.2, -0.15) is 0 Å². The minimum absolute atomic E-state index is 0.126. The second-order valence-corrected chi connectivity index (χ2v) is 2.62. The van der Waals surface area contributed by atoms with Crippen molar-refractivity contribution in [2.24, 2.45) is 0 Å². The van der Waals surface area contributed by atoms with E-state index in [0.29, 0.717) is 0 Å². The Labute approximate surface area is 71.7 Å². The van der Waals surface area contributed by atoms with Crippen LogP contribution in [0.2, 0.25) is 0 Å². The van der Waals surface area contributed by atoms with Crippen LogP contribution >= 0.6 is 0 Å². The Kier molecular flexibility index (Phi) is 2.91. The van der Waals surface area contributed by atoms with E-state index >= 15 is 0 Å². The van der Waals surface area contributed by atoms with E-state index in [1.807, 2.05) is 25.2 Å². The van der Waals surface area contributed by atoms with E-state index in [9.17, 15) is 4.79 Å².